The highest BCUT2D eigenvalue weighted by molar-refractivity contribution is 5.80. The fraction of sp³-hybridized carbons (Fsp3) is 0.143. The second-order valence-corrected chi connectivity index (χ2v) is 4.71. The van der Waals surface area contributed by atoms with Crippen LogP contribution in [0.2, 0.25) is 0 Å². The number of hydrogen-bond donors (Lipinski definition) is 2. The first kappa shape index (κ1) is 13.4. The van der Waals surface area contributed by atoms with Gasteiger partial charge in [0, 0.05) is 16.9 Å². The van der Waals surface area contributed by atoms with E-state index in [1.54, 1.807) is 12.1 Å². The number of halogens is 3. The van der Waals surface area contributed by atoms with Crippen LogP contribution < -0.4 is 5.73 Å². The van der Waals surface area contributed by atoms with Crippen molar-refractivity contribution in [3.05, 3.63) is 41.6 Å². The quantitative estimate of drug-likeness (QED) is 0.674. The molecule has 1 aromatic carbocycles. The zero-order valence-electron chi connectivity index (χ0n) is 11.0. The Labute approximate surface area is 117 Å². The molecule has 3 N–H and O–H groups in total. The van der Waals surface area contributed by atoms with Gasteiger partial charge in [0.05, 0.1) is 11.1 Å². The van der Waals surface area contributed by atoms with Crippen LogP contribution in [0.25, 0.3) is 22.6 Å². The van der Waals surface area contributed by atoms with Gasteiger partial charge in [-0.2, -0.15) is 13.2 Å². The number of aromatic amines is 1. The minimum atomic E-state index is -4.43. The fourth-order valence-electron chi connectivity index (χ4n) is 2.05. The SMILES string of the molecule is Cc1ccc2[nH]c(-c3cc(C(F)(F)F)ccc3N)nc2n1. The van der Waals surface area contributed by atoms with E-state index < -0.39 is 11.7 Å². The number of pyridine rings is 1. The van der Waals surface area contributed by atoms with Gasteiger partial charge >= 0.3 is 6.18 Å². The number of nitrogen functional groups attached to an aromatic ring is 1. The van der Waals surface area contributed by atoms with Crippen LogP contribution in [0.15, 0.2) is 30.3 Å². The summed E-state index contributed by atoms with van der Waals surface area (Å²) in [7, 11) is 0. The molecule has 0 fully saturated rings. The molecule has 4 nitrogen and oxygen atoms in total. The van der Waals surface area contributed by atoms with E-state index in [1.165, 1.54) is 6.07 Å². The molecular weight excluding hydrogens is 281 g/mol. The Hall–Kier alpha value is -2.57. The Morgan fingerprint density at radius 2 is 1.86 bits per heavy atom. The lowest BCUT2D eigenvalue weighted by Gasteiger charge is -2.09. The summed E-state index contributed by atoms with van der Waals surface area (Å²) >= 11 is 0. The number of nitrogens with one attached hydrogen (secondary N) is 1. The summed E-state index contributed by atoms with van der Waals surface area (Å²) in [5, 5.41) is 0. The van der Waals surface area contributed by atoms with Crippen LogP contribution in [0.3, 0.4) is 0 Å². The number of benzene rings is 1. The lowest BCUT2D eigenvalue weighted by molar-refractivity contribution is -0.137. The van der Waals surface area contributed by atoms with Crippen molar-refractivity contribution in [2.45, 2.75) is 13.1 Å². The summed E-state index contributed by atoms with van der Waals surface area (Å²) in [4.78, 5) is 11.4. The van der Waals surface area contributed by atoms with Crippen LogP contribution in [-0.2, 0) is 6.18 Å². The number of H-pyrrole nitrogens is 1. The molecule has 0 radical (unpaired) electrons. The standard InChI is InChI=1S/C14H11F3N4/c1-7-2-5-11-13(19-7)21-12(20-11)9-6-8(14(15,16)17)3-4-10(9)18/h2-6H,18H2,1H3,(H,19,20,21). The molecule has 21 heavy (non-hydrogen) atoms. The van der Waals surface area contributed by atoms with Gasteiger partial charge in [0.1, 0.15) is 5.82 Å². The predicted octanol–water partition coefficient (Wildman–Crippen LogP) is 3.53. The number of anilines is 1. The Bertz CT molecular complexity index is 821. The lowest BCUT2D eigenvalue weighted by atomic mass is 10.1. The van der Waals surface area contributed by atoms with Gasteiger partial charge in [0.25, 0.3) is 0 Å². The molecule has 0 aliphatic rings. The van der Waals surface area contributed by atoms with Gasteiger partial charge in [-0.1, -0.05) is 0 Å². The molecule has 0 atom stereocenters. The molecule has 7 heteroatoms. The number of nitrogens with two attached hydrogens (primary N) is 1. The number of alkyl halides is 3. The molecule has 0 amide bonds. The summed E-state index contributed by atoms with van der Waals surface area (Å²) in [5.74, 6) is 0.270. The first-order valence-electron chi connectivity index (χ1n) is 6.15. The van der Waals surface area contributed by atoms with E-state index in [0.717, 1.165) is 17.8 Å². The van der Waals surface area contributed by atoms with E-state index in [9.17, 15) is 13.2 Å². The maximum Gasteiger partial charge on any atom is 0.416 e. The fourth-order valence-corrected chi connectivity index (χ4v) is 2.05. The largest absolute Gasteiger partial charge is 0.416 e. The van der Waals surface area contributed by atoms with Crippen LogP contribution in [0.5, 0.6) is 0 Å². The number of rotatable bonds is 1. The molecule has 0 spiro atoms. The van der Waals surface area contributed by atoms with E-state index in [0.29, 0.717) is 11.2 Å². The van der Waals surface area contributed by atoms with Crippen LogP contribution >= 0.6 is 0 Å². The molecule has 0 saturated heterocycles. The smallest absolute Gasteiger partial charge is 0.398 e. The zero-order chi connectivity index (χ0) is 15.2. The van der Waals surface area contributed by atoms with Gasteiger partial charge < -0.3 is 10.7 Å². The summed E-state index contributed by atoms with van der Waals surface area (Å²) in [6.07, 6.45) is -4.43. The van der Waals surface area contributed by atoms with Gasteiger partial charge in [-0.15, -0.1) is 0 Å². The van der Waals surface area contributed by atoms with Crippen LogP contribution in [0.4, 0.5) is 18.9 Å². The summed E-state index contributed by atoms with van der Waals surface area (Å²) < 4.78 is 38.4. The Balaban J connectivity index is 2.17. The Morgan fingerprint density at radius 3 is 2.57 bits per heavy atom. The maximum absolute atomic E-state index is 12.8. The number of aromatic nitrogens is 3. The van der Waals surface area contributed by atoms with E-state index in [1.807, 2.05) is 6.92 Å². The number of aryl methyl sites for hydroxylation is 1. The maximum atomic E-state index is 12.8. The monoisotopic (exact) mass is 292 g/mol. The van der Waals surface area contributed by atoms with Crippen molar-refractivity contribution in [1.82, 2.24) is 15.0 Å². The first-order valence-corrected chi connectivity index (χ1v) is 6.15. The summed E-state index contributed by atoms with van der Waals surface area (Å²) in [6.45, 7) is 1.81. The first-order chi connectivity index (χ1) is 9.84. The van der Waals surface area contributed by atoms with Gasteiger partial charge in [-0.3, -0.25) is 0 Å². The van der Waals surface area contributed by atoms with Crippen molar-refractivity contribution in [2.75, 3.05) is 5.73 Å². The second kappa shape index (κ2) is 4.47. The minimum Gasteiger partial charge on any atom is -0.398 e. The highest BCUT2D eigenvalue weighted by Crippen LogP contribution is 2.34. The molecule has 108 valence electrons. The average molecular weight is 292 g/mol. The van der Waals surface area contributed by atoms with Gasteiger partial charge in [-0.05, 0) is 37.3 Å². The van der Waals surface area contributed by atoms with Crippen LogP contribution in [0, 0.1) is 6.92 Å². The van der Waals surface area contributed by atoms with E-state index in [4.69, 9.17) is 5.73 Å². The van der Waals surface area contributed by atoms with Crippen molar-refractivity contribution in [3.8, 4) is 11.4 Å². The number of hydrogen-bond acceptors (Lipinski definition) is 3. The average Bonchev–Trinajstić information content (AvgIpc) is 2.80. The van der Waals surface area contributed by atoms with E-state index in [-0.39, 0.29) is 17.1 Å². The van der Waals surface area contributed by atoms with Crippen LogP contribution in [-0.4, -0.2) is 15.0 Å². The minimum absolute atomic E-state index is 0.209. The number of fused-ring (bicyclic) bond motifs is 1. The van der Waals surface area contributed by atoms with E-state index in [2.05, 4.69) is 15.0 Å². The molecule has 0 unspecified atom stereocenters. The third-order valence-corrected chi connectivity index (χ3v) is 3.12. The molecular formula is C14H11F3N4. The molecule has 3 aromatic rings. The third kappa shape index (κ3) is 2.42. The predicted molar refractivity (Wildman–Crippen MR) is 73.5 cm³/mol. The number of nitrogens with zero attached hydrogens (tertiary/aromatic N) is 2. The van der Waals surface area contributed by atoms with Crippen LogP contribution in [0.1, 0.15) is 11.3 Å². The van der Waals surface area contributed by atoms with E-state index >= 15 is 0 Å². The van der Waals surface area contributed by atoms with Gasteiger partial charge in [0.2, 0.25) is 0 Å². The van der Waals surface area contributed by atoms with Gasteiger partial charge in [0.15, 0.2) is 5.65 Å². The third-order valence-electron chi connectivity index (χ3n) is 3.12. The number of imidazole rings is 1. The molecule has 2 heterocycles. The molecule has 0 saturated carbocycles. The zero-order valence-corrected chi connectivity index (χ0v) is 11.0. The van der Waals surface area contributed by atoms with Gasteiger partial charge in [-0.25, -0.2) is 9.97 Å². The Kier molecular flexibility index (Phi) is 2.86. The lowest BCUT2D eigenvalue weighted by Crippen LogP contribution is -2.06. The van der Waals surface area contributed by atoms with Crippen molar-refractivity contribution in [2.24, 2.45) is 0 Å². The molecule has 0 bridgehead atoms. The highest BCUT2D eigenvalue weighted by Gasteiger charge is 2.31. The van der Waals surface area contributed by atoms with Crippen molar-refractivity contribution >= 4 is 16.9 Å². The summed E-state index contributed by atoms with van der Waals surface area (Å²) in [6, 6.07) is 6.73. The molecule has 0 aliphatic heterocycles. The van der Waals surface area contributed by atoms with Crippen molar-refractivity contribution < 1.29 is 13.2 Å². The second-order valence-electron chi connectivity index (χ2n) is 4.71. The Morgan fingerprint density at radius 1 is 1.10 bits per heavy atom. The van der Waals surface area contributed by atoms with Crippen molar-refractivity contribution in [3.63, 3.8) is 0 Å². The normalized spacial score (nSPS) is 12.0. The summed E-state index contributed by atoms with van der Waals surface area (Å²) in [5.41, 5.74) is 7.30. The topological polar surface area (TPSA) is 67.6 Å². The van der Waals surface area contributed by atoms with Crippen molar-refractivity contribution in [1.29, 1.82) is 0 Å². The molecule has 3 rings (SSSR count). The highest BCUT2D eigenvalue weighted by atomic mass is 19.4. The molecule has 0 aliphatic carbocycles. The molecule has 2 aromatic heterocycles.